The fraction of sp³-hybridized carbons (Fsp3) is 0.938. The number of hydrogen-bond donors (Lipinski definition) is 1. The average molecular weight is 281 g/mol. The highest BCUT2D eigenvalue weighted by Crippen LogP contribution is 2.26. The van der Waals surface area contributed by atoms with Crippen molar-refractivity contribution in [3.8, 4) is 0 Å². The summed E-state index contributed by atoms with van der Waals surface area (Å²) in [7, 11) is 0. The molecule has 4 heteroatoms. The van der Waals surface area contributed by atoms with Gasteiger partial charge in [-0.1, -0.05) is 27.7 Å². The van der Waals surface area contributed by atoms with E-state index in [-0.39, 0.29) is 12.2 Å². The van der Waals surface area contributed by atoms with Crippen LogP contribution in [0.2, 0.25) is 0 Å². The second kappa shape index (κ2) is 6.90. The van der Waals surface area contributed by atoms with Crippen molar-refractivity contribution in [3.63, 3.8) is 0 Å². The summed E-state index contributed by atoms with van der Waals surface area (Å²) in [5, 5.41) is 3.52. The van der Waals surface area contributed by atoms with Crippen LogP contribution < -0.4 is 5.32 Å². The minimum absolute atomic E-state index is 0.0368. The van der Waals surface area contributed by atoms with Gasteiger partial charge in [0.05, 0.1) is 12.2 Å². The monoisotopic (exact) mass is 281 g/mol. The molecule has 2 rings (SSSR count). The standard InChI is InChI=1S/C16H31N3O/c1-5-14-16(20)19(15(17-14)11-12(3)4)10-9-18(6-2)13-7-8-13/h12-15,17H,5-11H2,1-4H3. The summed E-state index contributed by atoms with van der Waals surface area (Å²) in [5.41, 5.74) is 0. The first-order valence-electron chi connectivity index (χ1n) is 8.37. The third-order valence-electron chi connectivity index (χ3n) is 4.55. The van der Waals surface area contributed by atoms with Gasteiger partial charge in [0, 0.05) is 19.1 Å². The summed E-state index contributed by atoms with van der Waals surface area (Å²) < 4.78 is 0. The molecule has 1 N–H and O–H groups in total. The Morgan fingerprint density at radius 3 is 2.55 bits per heavy atom. The van der Waals surface area contributed by atoms with Gasteiger partial charge in [0.2, 0.25) is 5.91 Å². The van der Waals surface area contributed by atoms with Gasteiger partial charge < -0.3 is 4.90 Å². The van der Waals surface area contributed by atoms with Crippen LogP contribution in [-0.2, 0) is 4.79 Å². The lowest BCUT2D eigenvalue weighted by Crippen LogP contribution is -2.43. The number of amides is 1. The summed E-state index contributed by atoms with van der Waals surface area (Å²) in [4.78, 5) is 17.1. The highest BCUT2D eigenvalue weighted by Gasteiger charge is 2.38. The molecule has 1 saturated carbocycles. The minimum atomic E-state index is 0.0368. The van der Waals surface area contributed by atoms with E-state index in [4.69, 9.17) is 0 Å². The molecule has 1 saturated heterocycles. The van der Waals surface area contributed by atoms with Crippen molar-refractivity contribution >= 4 is 5.91 Å². The highest BCUT2D eigenvalue weighted by atomic mass is 16.2. The lowest BCUT2D eigenvalue weighted by Gasteiger charge is -2.29. The third kappa shape index (κ3) is 3.73. The average Bonchev–Trinajstić information content (AvgIpc) is 3.19. The molecule has 1 heterocycles. The largest absolute Gasteiger partial charge is 0.325 e. The first-order chi connectivity index (χ1) is 9.56. The van der Waals surface area contributed by atoms with Crippen molar-refractivity contribution in [2.24, 2.45) is 5.92 Å². The number of nitrogens with one attached hydrogen (secondary N) is 1. The van der Waals surface area contributed by atoms with Crippen LogP contribution in [0.3, 0.4) is 0 Å². The third-order valence-corrected chi connectivity index (χ3v) is 4.55. The van der Waals surface area contributed by atoms with E-state index in [1.54, 1.807) is 0 Å². The molecule has 2 atom stereocenters. The Morgan fingerprint density at radius 2 is 2.05 bits per heavy atom. The Bertz CT molecular complexity index is 328. The Hall–Kier alpha value is -0.610. The summed E-state index contributed by atoms with van der Waals surface area (Å²) in [6.07, 6.45) is 4.87. The molecule has 0 aromatic rings. The van der Waals surface area contributed by atoms with Crippen molar-refractivity contribution < 1.29 is 4.79 Å². The van der Waals surface area contributed by atoms with E-state index in [9.17, 15) is 4.79 Å². The summed E-state index contributed by atoms with van der Waals surface area (Å²) in [6, 6.07) is 0.825. The highest BCUT2D eigenvalue weighted by molar-refractivity contribution is 5.84. The maximum Gasteiger partial charge on any atom is 0.241 e. The maximum atomic E-state index is 12.5. The second-order valence-electron chi connectivity index (χ2n) is 6.66. The van der Waals surface area contributed by atoms with Gasteiger partial charge in [0.25, 0.3) is 0 Å². The lowest BCUT2D eigenvalue weighted by atomic mass is 10.1. The normalized spacial score (nSPS) is 27.1. The quantitative estimate of drug-likeness (QED) is 0.739. The van der Waals surface area contributed by atoms with Crippen molar-refractivity contribution in [3.05, 3.63) is 0 Å². The molecule has 0 bridgehead atoms. The fourth-order valence-electron chi connectivity index (χ4n) is 3.22. The zero-order valence-corrected chi connectivity index (χ0v) is 13.6. The van der Waals surface area contributed by atoms with Gasteiger partial charge in [0.15, 0.2) is 0 Å². The smallest absolute Gasteiger partial charge is 0.241 e. The zero-order chi connectivity index (χ0) is 14.7. The number of likely N-dealkylation sites (N-methyl/N-ethyl adjacent to an activating group) is 1. The van der Waals surface area contributed by atoms with Crippen LogP contribution in [0, 0.1) is 5.92 Å². The number of rotatable bonds is 8. The zero-order valence-electron chi connectivity index (χ0n) is 13.6. The Balaban J connectivity index is 1.92. The molecule has 1 aliphatic heterocycles. The van der Waals surface area contributed by atoms with Crippen molar-refractivity contribution in [1.82, 2.24) is 15.1 Å². The van der Waals surface area contributed by atoms with Crippen molar-refractivity contribution in [2.45, 2.75) is 71.6 Å². The van der Waals surface area contributed by atoms with Gasteiger partial charge in [-0.2, -0.15) is 0 Å². The van der Waals surface area contributed by atoms with E-state index in [1.807, 2.05) is 0 Å². The molecule has 1 amide bonds. The van der Waals surface area contributed by atoms with Gasteiger partial charge in [0.1, 0.15) is 0 Å². The molecular formula is C16H31N3O. The van der Waals surface area contributed by atoms with Crippen LogP contribution in [0.1, 0.15) is 53.4 Å². The molecular weight excluding hydrogens is 250 g/mol. The molecule has 116 valence electrons. The van der Waals surface area contributed by atoms with E-state index in [1.165, 1.54) is 12.8 Å². The summed E-state index contributed by atoms with van der Waals surface area (Å²) in [6.45, 7) is 11.8. The summed E-state index contributed by atoms with van der Waals surface area (Å²) >= 11 is 0. The minimum Gasteiger partial charge on any atom is -0.325 e. The first-order valence-corrected chi connectivity index (χ1v) is 8.37. The maximum absolute atomic E-state index is 12.5. The Labute approximate surface area is 123 Å². The molecule has 2 unspecified atom stereocenters. The van der Waals surface area contributed by atoms with Crippen LogP contribution in [-0.4, -0.2) is 53.6 Å². The van der Waals surface area contributed by atoms with Crippen LogP contribution in [0.4, 0.5) is 0 Å². The van der Waals surface area contributed by atoms with E-state index in [2.05, 4.69) is 42.8 Å². The van der Waals surface area contributed by atoms with Crippen LogP contribution in [0.25, 0.3) is 0 Å². The lowest BCUT2D eigenvalue weighted by molar-refractivity contribution is -0.130. The second-order valence-corrected chi connectivity index (χ2v) is 6.66. The molecule has 0 spiro atoms. The molecule has 4 nitrogen and oxygen atoms in total. The Morgan fingerprint density at radius 1 is 1.35 bits per heavy atom. The number of hydrogen-bond acceptors (Lipinski definition) is 3. The molecule has 0 aromatic heterocycles. The van der Waals surface area contributed by atoms with E-state index in [0.717, 1.165) is 38.5 Å². The topological polar surface area (TPSA) is 35.6 Å². The van der Waals surface area contributed by atoms with E-state index in [0.29, 0.717) is 11.8 Å². The van der Waals surface area contributed by atoms with Gasteiger partial charge in [-0.05, 0) is 38.1 Å². The van der Waals surface area contributed by atoms with Crippen LogP contribution in [0.15, 0.2) is 0 Å². The number of nitrogens with zero attached hydrogens (tertiary/aromatic N) is 2. The van der Waals surface area contributed by atoms with Crippen molar-refractivity contribution in [2.75, 3.05) is 19.6 Å². The molecule has 1 aliphatic carbocycles. The van der Waals surface area contributed by atoms with Crippen molar-refractivity contribution in [1.29, 1.82) is 0 Å². The van der Waals surface area contributed by atoms with E-state index < -0.39 is 0 Å². The molecule has 2 fully saturated rings. The molecule has 20 heavy (non-hydrogen) atoms. The SMILES string of the molecule is CCC1NC(CC(C)C)N(CCN(CC)C2CC2)C1=O. The number of carbonyl (C=O) groups excluding carboxylic acids is 1. The van der Waals surface area contributed by atoms with Gasteiger partial charge in [-0.3, -0.25) is 15.0 Å². The fourth-order valence-corrected chi connectivity index (χ4v) is 3.22. The Kier molecular flexibility index (Phi) is 5.44. The van der Waals surface area contributed by atoms with E-state index >= 15 is 0 Å². The molecule has 0 radical (unpaired) electrons. The van der Waals surface area contributed by atoms with Gasteiger partial charge >= 0.3 is 0 Å². The molecule has 2 aliphatic rings. The molecule has 0 aromatic carbocycles. The van der Waals surface area contributed by atoms with Crippen LogP contribution >= 0.6 is 0 Å². The predicted octanol–water partition coefficient (Wildman–Crippen LogP) is 2.05. The first kappa shape index (κ1) is 15.8. The van der Waals surface area contributed by atoms with Gasteiger partial charge in [-0.25, -0.2) is 0 Å². The van der Waals surface area contributed by atoms with Gasteiger partial charge in [-0.15, -0.1) is 0 Å². The number of carbonyl (C=O) groups is 1. The summed E-state index contributed by atoms with van der Waals surface area (Å²) in [5.74, 6) is 0.925. The van der Waals surface area contributed by atoms with Crippen LogP contribution in [0.5, 0.6) is 0 Å². The predicted molar refractivity (Wildman–Crippen MR) is 82.4 cm³/mol.